The quantitative estimate of drug-likeness (QED) is 0.914. The van der Waals surface area contributed by atoms with E-state index < -0.39 is 0 Å². The molecule has 0 atom stereocenters. The number of hydrogen-bond acceptors (Lipinski definition) is 3. The molecule has 0 bridgehead atoms. The molecular weight excluding hydrogens is 288 g/mol. The van der Waals surface area contributed by atoms with E-state index in [2.05, 4.69) is 47.6 Å². The molecule has 1 aliphatic carbocycles. The Hall–Kier alpha value is -1.55. The Morgan fingerprint density at radius 1 is 1.17 bits per heavy atom. The second-order valence-electron chi connectivity index (χ2n) is 7.61. The fraction of sp³-hybridized carbons (Fsp3) is 0.632. The molecular formula is C19H30N2O2. The van der Waals surface area contributed by atoms with Crippen LogP contribution in [0, 0.1) is 0 Å². The van der Waals surface area contributed by atoms with Gasteiger partial charge in [0.1, 0.15) is 6.10 Å². The fourth-order valence-electron chi connectivity index (χ4n) is 3.09. The van der Waals surface area contributed by atoms with Gasteiger partial charge in [0.05, 0.1) is 0 Å². The maximum atomic E-state index is 11.8. The Kier molecular flexibility index (Phi) is 6.05. The zero-order valence-corrected chi connectivity index (χ0v) is 14.8. The molecule has 4 heteroatoms. The van der Waals surface area contributed by atoms with E-state index in [0.29, 0.717) is 6.04 Å². The molecule has 0 aliphatic heterocycles. The molecule has 4 nitrogen and oxygen atoms in total. The first-order valence-electron chi connectivity index (χ1n) is 8.56. The zero-order valence-electron chi connectivity index (χ0n) is 14.8. The lowest BCUT2D eigenvalue weighted by Gasteiger charge is -2.34. The normalized spacial score (nSPS) is 22.0. The largest absolute Gasteiger partial charge is 0.446 e. The average Bonchev–Trinajstić information content (AvgIpc) is 2.47. The number of carbonyl (C=O) groups excluding carboxylic acids is 1. The van der Waals surface area contributed by atoms with E-state index in [-0.39, 0.29) is 17.7 Å². The molecule has 1 fully saturated rings. The standard InChI is InChI=1S/C19H30N2O2/c1-19(2,3)20-18(22)23-17-12-10-16(11-13-17)21(4)14-15-8-6-5-7-9-15/h5-9,16-17H,10-14H2,1-4H3,(H,20,22). The first-order chi connectivity index (χ1) is 10.8. The Morgan fingerprint density at radius 2 is 1.78 bits per heavy atom. The summed E-state index contributed by atoms with van der Waals surface area (Å²) in [5.41, 5.74) is 1.10. The number of carbonyl (C=O) groups is 1. The van der Waals surface area contributed by atoms with Gasteiger partial charge in [-0.3, -0.25) is 4.90 Å². The van der Waals surface area contributed by atoms with Crippen LogP contribution in [0.3, 0.4) is 0 Å². The Balaban J connectivity index is 1.74. The van der Waals surface area contributed by atoms with Crippen molar-refractivity contribution in [2.45, 2.75) is 70.7 Å². The van der Waals surface area contributed by atoms with E-state index in [1.165, 1.54) is 5.56 Å². The molecule has 1 aliphatic rings. The number of nitrogens with one attached hydrogen (secondary N) is 1. The highest BCUT2D eigenvalue weighted by atomic mass is 16.6. The van der Waals surface area contributed by atoms with Crippen LogP contribution in [0.25, 0.3) is 0 Å². The highest BCUT2D eigenvalue weighted by Crippen LogP contribution is 2.25. The minimum Gasteiger partial charge on any atom is -0.446 e. The van der Waals surface area contributed by atoms with Crippen LogP contribution in [0.2, 0.25) is 0 Å². The highest BCUT2D eigenvalue weighted by Gasteiger charge is 2.27. The average molecular weight is 318 g/mol. The summed E-state index contributed by atoms with van der Waals surface area (Å²) in [5, 5.41) is 2.86. The second-order valence-corrected chi connectivity index (χ2v) is 7.61. The molecule has 0 heterocycles. The van der Waals surface area contributed by atoms with Crippen molar-refractivity contribution in [3.05, 3.63) is 35.9 Å². The minimum absolute atomic E-state index is 0.0544. The number of amides is 1. The highest BCUT2D eigenvalue weighted by molar-refractivity contribution is 5.68. The van der Waals surface area contributed by atoms with Gasteiger partial charge in [-0.15, -0.1) is 0 Å². The van der Waals surface area contributed by atoms with Crippen molar-refractivity contribution in [1.82, 2.24) is 10.2 Å². The predicted octanol–water partition coefficient (Wildman–Crippen LogP) is 3.95. The summed E-state index contributed by atoms with van der Waals surface area (Å²) in [6.07, 6.45) is 3.81. The molecule has 1 amide bonds. The molecule has 1 aromatic rings. The molecule has 0 radical (unpaired) electrons. The zero-order chi connectivity index (χ0) is 16.9. The first kappa shape index (κ1) is 17.8. The summed E-state index contributed by atoms with van der Waals surface area (Å²) in [4.78, 5) is 14.3. The summed E-state index contributed by atoms with van der Waals surface area (Å²) in [6.45, 7) is 6.86. The van der Waals surface area contributed by atoms with E-state index in [4.69, 9.17) is 4.74 Å². The van der Waals surface area contributed by atoms with Gasteiger partial charge >= 0.3 is 6.09 Å². The molecule has 128 valence electrons. The van der Waals surface area contributed by atoms with Gasteiger partial charge in [0.15, 0.2) is 0 Å². The van der Waals surface area contributed by atoms with Crippen molar-refractivity contribution >= 4 is 6.09 Å². The summed E-state index contributed by atoms with van der Waals surface area (Å²) < 4.78 is 5.55. The van der Waals surface area contributed by atoms with Gasteiger partial charge in [0.2, 0.25) is 0 Å². The topological polar surface area (TPSA) is 41.6 Å². The molecule has 1 N–H and O–H groups in total. The third kappa shape index (κ3) is 6.22. The fourth-order valence-corrected chi connectivity index (χ4v) is 3.09. The van der Waals surface area contributed by atoms with Crippen LogP contribution in [-0.2, 0) is 11.3 Å². The second kappa shape index (κ2) is 7.82. The molecule has 0 aromatic heterocycles. The van der Waals surface area contributed by atoms with Gasteiger partial charge in [-0.25, -0.2) is 4.79 Å². The van der Waals surface area contributed by atoms with Crippen molar-refractivity contribution in [2.75, 3.05) is 7.05 Å². The van der Waals surface area contributed by atoms with E-state index in [1.54, 1.807) is 0 Å². The van der Waals surface area contributed by atoms with Gasteiger partial charge < -0.3 is 10.1 Å². The maximum Gasteiger partial charge on any atom is 0.407 e. The minimum atomic E-state index is -0.293. The van der Waals surface area contributed by atoms with Gasteiger partial charge in [0, 0.05) is 18.1 Å². The summed E-state index contributed by atoms with van der Waals surface area (Å²) in [5.74, 6) is 0. The number of hydrogen-bond donors (Lipinski definition) is 1. The number of benzene rings is 1. The number of ether oxygens (including phenoxy) is 1. The SMILES string of the molecule is CN(Cc1ccccc1)C1CCC(OC(=O)NC(C)(C)C)CC1. The Bertz CT molecular complexity index is 488. The summed E-state index contributed by atoms with van der Waals surface area (Å²) in [7, 11) is 2.19. The van der Waals surface area contributed by atoms with Gasteiger partial charge in [0.25, 0.3) is 0 Å². The van der Waals surface area contributed by atoms with Gasteiger partial charge in [-0.05, 0) is 59.1 Å². The van der Waals surface area contributed by atoms with Gasteiger partial charge in [-0.1, -0.05) is 30.3 Å². The van der Waals surface area contributed by atoms with Gasteiger partial charge in [-0.2, -0.15) is 0 Å². The van der Waals surface area contributed by atoms with E-state index in [0.717, 1.165) is 32.2 Å². The van der Waals surface area contributed by atoms with Crippen molar-refractivity contribution in [3.63, 3.8) is 0 Å². The van der Waals surface area contributed by atoms with Crippen LogP contribution < -0.4 is 5.32 Å². The molecule has 0 saturated heterocycles. The lowest BCUT2D eigenvalue weighted by molar-refractivity contribution is 0.0483. The molecule has 1 aromatic carbocycles. The monoisotopic (exact) mass is 318 g/mol. The van der Waals surface area contributed by atoms with Crippen molar-refractivity contribution in [1.29, 1.82) is 0 Å². The van der Waals surface area contributed by atoms with E-state index in [1.807, 2.05) is 20.8 Å². The Labute approximate surface area is 140 Å². The predicted molar refractivity (Wildman–Crippen MR) is 93.3 cm³/mol. The smallest absolute Gasteiger partial charge is 0.407 e. The summed E-state index contributed by atoms with van der Waals surface area (Å²) >= 11 is 0. The van der Waals surface area contributed by atoms with Crippen LogP contribution in [0.15, 0.2) is 30.3 Å². The lowest BCUT2D eigenvalue weighted by atomic mass is 9.92. The van der Waals surface area contributed by atoms with Crippen LogP contribution in [-0.4, -0.2) is 35.7 Å². The van der Waals surface area contributed by atoms with Crippen molar-refractivity contribution in [2.24, 2.45) is 0 Å². The number of rotatable bonds is 4. The first-order valence-corrected chi connectivity index (χ1v) is 8.56. The van der Waals surface area contributed by atoms with Crippen LogP contribution in [0.4, 0.5) is 4.79 Å². The van der Waals surface area contributed by atoms with E-state index in [9.17, 15) is 4.79 Å². The van der Waals surface area contributed by atoms with Crippen LogP contribution in [0.5, 0.6) is 0 Å². The van der Waals surface area contributed by atoms with Crippen LogP contribution >= 0.6 is 0 Å². The third-order valence-corrected chi connectivity index (χ3v) is 4.29. The molecule has 0 unspecified atom stereocenters. The van der Waals surface area contributed by atoms with Crippen LogP contribution in [0.1, 0.15) is 52.0 Å². The molecule has 0 spiro atoms. The molecule has 2 rings (SSSR count). The number of nitrogens with zero attached hydrogens (tertiary/aromatic N) is 1. The number of alkyl carbamates (subject to hydrolysis) is 1. The molecule has 23 heavy (non-hydrogen) atoms. The lowest BCUT2D eigenvalue weighted by Crippen LogP contribution is -2.43. The Morgan fingerprint density at radius 3 is 2.35 bits per heavy atom. The van der Waals surface area contributed by atoms with Crippen molar-refractivity contribution in [3.8, 4) is 0 Å². The maximum absolute atomic E-state index is 11.8. The summed E-state index contributed by atoms with van der Waals surface area (Å²) in [6, 6.07) is 11.1. The van der Waals surface area contributed by atoms with E-state index >= 15 is 0 Å². The third-order valence-electron chi connectivity index (χ3n) is 4.29. The molecule has 1 saturated carbocycles. The van der Waals surface area contributed by atoms with Crippen molar-refractivity contribution < 1.29 is 9.53 Å².